The van der Waals surface area contributed by atoms with Crippen LogP contribution < -0.4 is 0 Å². The molecule has 0 aliphatic heterocycles. The Labute approximate surface area is 98.5 Å². The van der Waals surface area contributed by atoms with Gasteiger partial charge in [0.25, 0.3) is 0 Å². The molecule has 0 saturated carbocycles. The minimum absolute atomic E-state index is 0.0172. The van der Waals surface area contributed by atoms with E-state index in [1.807, 2.05) is 0 Å². The molecule has 0 aromatic carbocycles. The molecule has 3 heteroatoms. The molecule has 0 atom stereocenters. The van der Waals surface area contributed by atoms with Crippen LogP contribution in [0.4, 0.5) is 0 Å². The van der Waals surface area contributed by atoms with E-state index >= 15 is 0 Å². The molecular formula is C13H19O2P. The SMILES string of the molecule is CC1(C)CC(=O)c2pc(C(C)(C)C)oc2C1. The molecule has 2 rings (SSSR count). The van der Waals surface area contributed by atoms with Crippen LogP contribution in [0.5, 0.6) is 0 Å². The summed E-state index contributed by atoms with van der Waals surface area (Å²) in [7, 11) is 0.998. The second-order valence-electron chi connectivity index (χ2n) is 6.48. The van der Waals surface area contributed by atoms with E-state index in [9.17, 15) is 4.79 Å². The standard InChI is InChI=1S/C13H19O2P/c1-12(2,3)11-15-9-7-13(4,5)6-8(14)10(9)16-11/h6-7H2,1-5H3. The first-order valence-corrected chi connectivity index (χ1v) is 6.62. The summed E-state index contributed by atoms with van der Waals surface area (Å²) in [6.45, 7) is 10.6. The summed E-state index contributed by atoms with van der Waals surface area (Å²) >= 11 is 0. The van der Waals surface area contributed by atoms with Gasteiger partial charge in [-0.2, -0.15) is 0 Å². The minimum Gasteiger partial charge on any atom is -0.460 e. The third kappa shape index (κ3) is 2.08. The lowest BCUT2D eigenvalue weighted by Gasteiger charge is -2.26. The molecule has 16 heavy (non-hydrogen) atoms. The van der Waals surface area contributed by atoms with Crippen molar-refractivity contribution in [2.24, 2.45) is 5.41 Å². The van der Waals surface area contributed by atoms with Crippen LogP contribution in [0.2, 0.25) is 0 Å². The highest BCUT2D eigenvalue weighted by Gasteiger charge is 2.35. The van der Waals surface area contributed by atoms with Gasteiger partial charge in [0.2, 0.25) is 0 Å². The van der Waals surface area contributed by atoms with Crippen LogP contribution in [0.15, 0.2) is 4.42 Å². The average Bonchev–Trinajstić information content (AvgIpc) is 2.44. The van der Waals surface area contributed by atoms with E-state index in [4.69, 9.17) is 4.42 Å². The largest absolute Gasteiger partial charge is 0.460 e. The fraction of sp³-hybridized carbons (Fsp3) is 0.692. The Kier molecular flexibility index (Phi) is 2.54. The maximum atomic E-state index is 12.0. The Balaban J connectivity index is 2.46. The van der Waals surface area contributed by atoms with Crippen LogP contribution in [0.25, 0.3) is 0 Å². The summed E-state index contributed by atoms with van der Waals surface area (Å²) in [6, 6.07) is 0. The lowest BCUT2D eigenvalue weighted by Crippen LogP contribution is -2.25. The summed E-state index contributed by atoms with van der Waals surface area (Å²) in [6.07, 6.45) is 1.54. The van der Waals surface area contributed by atoms with Crippen LogP contribution >= 0.6 is 8.19 Å². The lowest BCUT2D eigenvalue weighted by molar-refractivity contribution is 0.0906. The van der Waals surface area contributed by atoms with Crippen molar-refractivity contribution >= 4 is 14.0 Å². The summed E-state index contributed by atoms with van der Waals surface area (Å²) in [5.74, 6) is 1.19. The highest BCUT2D eigenvalue weighted by Crippen LogP contribution is 2.43. The zero-order valence-electron chi connectivity index (χ0n) is 10.7. The molecule has 88 valence electrons. The van der Waals surface area contributed by atoms with Gasteiger partial charge in [-0.15, -0.1) is 0 Å². The summed E-state index contributed by atoms with van der Waals surface area (Å²) in [5.41, 5.74) is 1.09. The van der Waals surface area contributed by atoms with Crippen LogP contribution in [0, 0.1) is 5.41 Å². The van der Waals surface area contributed by atoms with Crippen molar-refractivity contribution in [1.82, 2.24) is 0 Å². The maximum Gasteiger partial charge on any atom is 0.171 e. The minimum atomic E-state index is 0.0172. The first kappa shape index (κ1) is 11.9. The molecule has 0 radical (unpaired) electrons. The maximum absolute atomic E-state index is 12.0. The molecule has 0 bridgehead atoms. The predicted octanol–water partition coefficient (Wildman–Crippen LogP) is 4.31. The molecular weight excluding hydrogens is 219 g/mol. The molecule has 1 aromatic rings. The lowest BCUT2D eigenvalue weighted by atomic mass is 9.78. The van der Waals surface area contributed by atoms with Gasteiger partial charge in [-0.25, -0.2) is 0 Å². The monoisotopic (exact) mass is 238 g/mol. The van der Waals surface area contributed by atoms with Gasteiger partial charge < -0.3 is 4.42 Å². The van der Waals surface area contributed by atoms with Crippen LogP contribution in [-0.4, -0.2) is 5.78 Å². The molecule has 0 spiro atoms. The second-order valence-corrected chi connectivity index (χ2v) is 7.56. The molecule has 0 fully saturated rings. The van der Waals surface area contributed by atoms with Crippen molar-refractivity contribution in [1.29, 1.82) is 0 Å². The van der Waals surface area contributed by atoms with Gasteiger partial charge in [0.05, 0.1) is 5.30 Å². The van der Waals surface area contributed by atoms with Gasteiger partial charge in [-0.3, -0.25) is 4.79 Å². The van der Waals surface area contributed by atoms with Crippen molar-refractivity contribution in [3.63, 3.8) is 0 Å². The first-order valence-electron chi connectivity index (χ1n) is 5.72. The van der Waals surface area contributed by atoms with Crippen molar-refractivity contribution in [3.8, 4) is 0 Å². The van der Waals surface area contributed by atoms with E-state index in [2.05, 4.69) is 34.6 Å². The third-order valence-corrected chi connectivity index (χ3v) is 4.57. The highest BCUT2D eigenvalue weighted by molar-refractivity contribution is 7.33. The summed E-state index contributed by atoms with van der Waals surface area (Å²) in [5, 5.41) is 0.907. The fourth-order valence-corrected chi connectivity index (χ4v) is 3.17. The van der Waals surface area contributed by atoms with Gasteiger partial charge in [-0.1, -0.05) is 34.6 Å². The molecule has 0 amide bonds. The topological polar surface area (TPSA) is 30.2 Å². The van der Waals surface area contributed by atoms with E-state index in [1.165, 1.54) is 0 Å². The average molecular weight is 238 g/mol. The van der Waals surface area contributed by atoms with Gasteiger partial charge >= 0.3 is 0 Å². The smallest absolute Gasteiger partial charge is 0.171 e. The molecule has 1 heterocycles. The summed E-state index contributed by atoms with van der Waals surface area (Å²) in [4.78, 5) is 12.0. The Hall–Kier alpha value is -0.620. The first-order chi connectivity index (χ1) is 7.19. The van der Waals surface area contributed by atoms with E-state index in [1.54, 1.807) is 0 Å². The molecule has 2 nitrogen and oxygen atoms in total. The van der Waals surface area contributed by atoms with E-state index < -0.39 is 0 Å². The Morgan fingerprint density at radius 3 is 2.44 bits per heavy atom. The molecule has 0 saturated heterocycles. The highest BCUT2D eigenvalue weighted by atomic mass is 31.0. The molecule has 0 unspecified atom stereocenters. The van der Waals surface area contributed by atoms with Crippen molar-refractivity contribution in [2.45, 2.75) is 52.9 Å². The second kappa shape index (κ2) is 3.43. The third-order valence-electron chi connectivity index (χ3n) is 2.88. The molecule has 1 aliphatic rings. The fourth-order valence-electron chi connectivity index (χ4n) is 2.03. The van der Waals surface area contributed by atoms with Gasteiger partial charge in [0, 0.05) is 18.3 Å². The van der Waals surface area contributed by atoms with Gasteiger partial charge in [0.1, 0.15) is 11.3 Å². The predicted molar refractivity (Wildman–Crippen MR) is 66.4 cm³/mol. The van der Waals surface area contributed by atoms with Gasteiger partial charge in [0.15, 0.2) is 5.78 Å². The molecule has 1 aliphatic carbocycles. The van der Waals surface area contributed by atoms with Crippen molar-refractivity contribution < 1.29 is 9.21 Å². The number of fused-ring (bicyclic) bond motifs is 1. The zero-order chi connectivity index (χ0) is 12.1. The van der Waals surface area contributed by atoms with E-state index in [0.717, 1.165) is 31.2 Å². The number of carbonyl (C=O) groups excluding carboxylic acids is 1. The molecule has 1 aromatic heterocycles. The van der Waals surface area contributed by atoms with E-state index in [-0.39, 0.29) is 16.6 Å². The number of hydrogen-bond acceptors (Lipinski definition) is 2. The number of Topliss-reactive ketones (excluding diaryl/α,β-unsaturated/α-hetero) is 1. The number of ketones is 1. The Bertz CT molecular complexity index is 435. The van der Waals surface area contributed by atoms with Crippen molar-refractivity contribution in [2.75, 3.05) is 0 Å². The van der Waals surface area contributed by atoms with E-state index in [0.29, 0.717) is 6.42 Å². The van der Waals surface area contributed by atoms with Crippen molar-refractivity contribution in [3.05, 3.63) is 16.5 Å². The van der Waals surface area contributed by atoms with Crippen LogP contribution in [-0.2, 0) is 11.8 Å². The normalized spacial score (nSPS) is 20.2. The number of hydrogen-bond donors (Lipinski definition) is 0. The van der Waals surface area contributed by atoms with Gasteiger partial charge in [-0.05, 0) is 13.6 Å². The Morgan fingerprint density at radius 2 is 1.88 bits per heavy atom. The van der Waals surface area contributed by atoms with Crippen LogP contribution in [0.3, 0.4) is 0 Å². The molecule has 0 N–H and O–H groups in total. The summed E-state index contributed by atoms with van der Waals surface area (Å²) < 4.78 is 5.90. The number of rotatable bonds is 0. The zero-order valence-corrected chi connectivity index (χ0v) is 11.6. The number of carbonyl (C=O) groups is 1. The Morgan fingerprint density at radius 1 is 1.25 bits per heavy atom. The van der Waals surface area contributed by atoms with Crippen LogP contribution in [0.1, 0.15) is 62.4 Å². The quantitative estimate of drug-likeness (QED) is 0.674.